The van der Waals surface area contributed by atoms with E-state index < -0.39 is 11.9 Å². The van der Waals surface area contributed by atoms with Gasteiger partial charge in [-0.05, 0) is 24.3 Å². The van der Waals surface area contributed by atoms with Crippen molar-refractivity contribution in [3.63, 3.8) is 0 Å². The second-order valence-corrected chi connectivity index (χ2v) is 5.46. The zero-order valence-corrected chi connectivity index (χ0v) is 15.4. The van der Waals surface area contributed by atoms with E-state index in [-0.39, 0.29) is 17.2 Å². The Bertz CT molecular complexity index is 861. The molecule has 27 heavy (non-hydrogen) atoms. The normalized spacial score (nSPS) is 9.93. The molecule has 0 spiro atoms. The molecule has 0 radical (unpaired) electrons. The van der Waals surface area contributed by atoms with Crippen LogP contribution in [-0.4, -0.2) is 39.1 Å². The average Bonchev–Trinajstić information content (AvgIpc) is 2.66. The Morgan fingerprint density at radius 2 is 1.44 bits per heavy atom. The first-order valence-corrected chi connectivity index (χ1v) is 7.93. The van der Waals surface area contributed by atoms with Crippen molar-refractivity contribution < 1.29 is 28.6 Å². The highest BCUT2D eigenvalue weighted by molar-refractivity contribution is 6.08. The number of carbonyl (C=O) groups excluding carboxylic acids is 3. The first kappa shape index (κ1) is 19.8. The molecule has 0 aliphatic carbocycles. The van der Waals surface area contributed by atoms with E-state index in [1.807, 2.05) is 0 Å². The molecule has 8 nitrogen and oxygen atoms in total. The minimum absolute atomic E-state index is 0.123. The third-order valence-electron chi connectivity index (χ3n) is 3.64. The molecule has 0 saturated carbocycles. The molecule has 0 atom stereocenters. The van der Waals surface area contributed by atoms with Gasteiger partial charge in [0.2, 0.25) is 5.91 Å². The lowest BCUT2D eigenvalue weighted by Gasteiger charge is -2.14. The molecule has 2 aromatic rings. The van der Waals surface area contributed by atoms with E-state index in [0.29, 0.717) is 22.7 Å². The highest BCUT2D eigenvalue weighted by atomic mass is 16.5. The van der Waals surface area contributed by atoms with Crippen molar-refractivity contribution in [1.29, 1.82) is 0 Å². The number of hydrogen-bond acceptors (Lipinski definition) is 6. The number of ether oxygens (including phenoxy) is 3. The summed E-state index contributed by atoms with van der Waals surface area (Å²) in [5.41, 5.74) is 1.25. The topological polar surface area (TPSA) is 103 Å². The summed E-state index contributed by atoms with van der Waals surface area (Å²) >= 11 is 0. The van der Waals surface area contributed by atoms with E-state index in [2.05, 4.69) is 10.6 Å². The minimum atomic E-state index is -0.632. The number of esters is 1. The predicted octanol–water partition coefficient (Wildman–Crippen LogP) is 2.70. The number of hydrogen-bond donors (Lipinski definition) is 2. The highest BCUT2D eigenvalue weighted by Gasteiger charge is 2.19. The van der Waals surface area contributed by atoms with Gasteiger partial charge in [-0.3, -0.25) is 9.59 Å². The highest BCUT2D eigenvalue weighted by Crippen LogP contribution is 2.34. The van der Waals surface area contributed by atoms with E-state index in [9.17, 15) is 14.4 Å². The molecule has 2 rings (SSSR count). The second kappa shape index (κ2) is 8.70. The van der Waals surface area contributed by atoms with Gasteiger partial charge in [-0.25, -0.2) is 4.79 Å². The van der Waals surface area contributed by atoms with Crippen LogP contribution in [0.15, 0.2) is 36.4 Å². The fraction of sp³-hybridized carbons (Fsp3) is 0.211. The van der Waals surface area contributed by atoms with Crippen molar-refractivity contribution >= 4 is 29.2 Å². The molecule has 0 aliphatic heterocycles. The smallest absolute Gasteiger partial charge is 0.340 e. The van der Waals surface area contributed by atoms with Gasteiger partial charge in [0.1, 0.15) is 0 Å². The zero-order valence-electron chi connectivity index (χ0n) is 15.4. The van der Waals surface area contributed by atoms with Crippen LogP contribution in [0.3, 0.4) is 0 Å². The van der Waals surface area contributed by atoms with Crippen LogP contribution in [0.2, 0.25) is 0 Å². The van der Waals surface area contributed by atoms with E-state index in [0.717, 1.165) is 0 Å². The van der Waals surface area contributed by atoms with Gasteiger partial charge in [0.05, 0.1) is 32.6 Å². The number of benzene rings is 2. The van der Waals surface area contributed by atoms with E-state index >= 15 is 0 Å². The lowest BCUT2D eigenvalue weighted by Crippen LogP contribution is -2.16. The Hall–Kier alpha value is -3.55. The van der Waals surface area contributed by atoms with Crippen LogP contribution >= 0.6 is 0 Å². The molecule has 0 heterocycles. The number of amides is 2. The van der Waals surface area contributed by atoms with Gasteiger partial charge < -0.3 is 24.8 Å². The summed E-state index contributed by atoms with van der Waals surface area (Å²) in [5.74, 6) is -0.605. The molecule has 0 aliphatic rings. The van der Waals surface area contributed by atoms with Crippen molar-refractivity contribution in [3.05, 3.63) is 47.5 Å². The van der Waals surface area contributed by atoms with E-state index in [1.165, 1.54) is 40.4 Å². The molecule has 0 bridgehead atoms. The molecular weight excluding hydrogens is 352 g/mol. The third-order valence-corrected chi connectivity index (χ3v) is 3.64. The maximum absolute atomic E-state index is 12.5. The van der Waals surface area contributed by atoms with Gasteiger partial charge >= 0.3 is 5.97 Å². The van der Waals surface area contributed by atoms with Gasteiger partial charge in [-0.1, -0.05) is 0 Å². The van der Waals surface area contributed by atoms with Crippen LogP contribution in [0.1, 0.15) is 27.6 Å². The molecule has 0 fully saturated rings. The van der Waals surface area contributed by atoms with E-state index in [4.69, 9.17) is 14.2 Å². The molecule has 2 aromatic carbocycles. The molecule has 0 aromatic heterocycles. The monoisotopic (exact) mass is 372 g/mol. The lowest BCUT2D eigenvalue weighted by molar-refractivity contribution is -0.114. The Morgan fingerprint density at radius 3 is 1.96 bits per heavy atom. The molecular formula is C19H20N2O6. The Morgan fingerprint density at radius 1 is 0.852 bits per heavy atom. The maximum Gasteiger partial charge on any atom is 0.340 e. The van der Waals surface area contributed by atoms with Crippen molar-refractivity contribution in [3.8, 4) is 11.5 Å². The first-order chi connectivity index (χ1) is 12.9. The van der Waals surface area contributed by atoms with Gasteiger partial charge in [0.15, 0.2) is 11.5 Å². The maximum atomic E-state index is 12.5. The third kappa shape index (κ3) is 4.75. The Labute approximate surface area is 156 Å². The summed E-state index contributed by atoms with van der Waals surface area (Å²) in [6.07, 6.45) is 0. The molecule has 2 N–H and O–H groups in total. The number of rotatable bonds is 6. The summed E-state index contributed by atoms with van der Waals surface area (Å²) in [7, 11) is 4.13. The molecule has 0 saturated heterocycles. The van der Waals surface area contributed by atoms with Crippen molar-refractivity contribution in [2.45, 2.75) is 6.92 Å². The van der Waals surface area contributed by atoms with Crippen LogP contribution in [0.4, 0.5) is 11.4 Å². The fourth-order valence-electron chi connectivity index (χ4n) is 2.36. The van der Waals surface area contributed by atoms with Gasteiger partial charge in [-0.15, -0.1) is 0 Å². The van der Waals surface area contributed by atoms with Crippen molar-refractivity contribution in [2.24, 2.45) is 0 Å². The van der Waals surface area contributed by atoms with Crippen LogP contribution in [-0.2, 0) is 9.53 Å². The SMILES string of the molecule is COC(=O)c1cc(OC)c(OC)cc1NC(=O)c1ccc(NC(C)=O)cc1. The number of carbonyl (C=O) groups is 3. The average molecular weight is 372 g/mol. The Kier molecular flexibility index (Phi) is 6.37. The predicted molar refractivity (Wildman–Crippen MR) is 99.6 cm³/mol. The largest absolute Gasteiger partial charge is 0.493 e. The van der Waals surface area contributed by atoms with Crippen molar-refractivity contribution in [2.75, 3.05) is 32.0 Å². The fourth-order valence-corrected chi connectivity index (χ4v) is 2.36. The van der Waals surface area contributed by atoms with Gasteiger partial charge in [0.25, 0.3) is 5.91 Å². The van der Waals surface area contributed by atoms with Gasteiger partial charge in [0, 0.05) is 30.3 Å². The van der Waals surface area contributed by atoms with Crippen LogP contribution < -0.4 is 20.1 Å². The number of nitrogens with one attached hydrogen (secondary N) is 2. The summed E-state index contributed by atoms with van der Waals surface area (Å²) in [4.78, 5) is 35.7. The lowest BCUT2D eigenvalue weighted by atomic mass is 10.1. The molecule has 2 amide bonds. The zero-order chi connectivity index (χ0) is 20.0. The second-order valence-electron chi connectivity index (χ2n) is 5.46. The van der Waals surface area contributed by atoms with Crippen molar-refractivity contribution in [1.82, 2.24) is 0 Å². The summed E-state index contributed by atoms with van der Waals surface area (Å²) in [6.45, 7) is 1.39. The standard InChI is InChI=1S/C19H20N2O6/c1-11(22)20-13-7-5-12(6-8-13)18(23)21-15-10-17(26-3)16(25-2)9-14(15)19(24)27-4/h5-10H,1-4H3,(H,20,22)(H,21,23). The summed E-state index contributed by atoms with van der Waals surface area (Å²) in [5, 5.41) is 5.28. The minimum Gasteiger partial charge on any atom is -0.493 e. The molecule has 0 unspecified atom stereocenters. The van der Waals surface area contributed by atoms with Crippen LogP contribution in [0, 0.1) is 0 Å². The van der Waals surface area contributed by atoms with Gasteiger partial charge in [-0.2, -0.15) is 0 Å². The first-order valence-electron chi connectivity index (χ1n) is 7.93. The number of methoxy groups -OCH3 is 3. The number of anilines is 2. The molecule has 142 valence electrons. The summed E-state index contributed by atoms with van der Waals surface area (Å²) in [6, 6.07) is 9.23. The van der Waals surface area contributed by atoms with Crippen LogP contribution in [0.25, 0.3) is 0 Å². The van der Waals surface area contributed by atoms with E-state index in [1.54, 1.807) is 24.3 Å². The quantitative estimate of drug-likeness (QED) is 0.756. The van der Waals surface area contributed by atoms with Crippen LogP contribution in [0.5, 0.6) is 11.5 Å². The summed E-state index contributed by atoms with van der Waals surface area (Å²) < 4.78 is 15.2. The Balaban J connectivity index is 2.33. The molecule has 8 heteroatoms.